The molecule has 0 saturated heterocycles. The summed E-state index contributed by atoms with van der Waals surface area (Å²) < 4.78 is 24.0. The van der Waals surface area contributed by atoms with E-state index in [1.54, 1.807) is 19.1 Å². The fourth-order valence-electron chi connectivity index (χ4n) is 1.55. The number of hydrogen-bond donors (Lipinski definition) is 1. The van der Waals surface area contributed by atoms with Crippen LogP contribution < -0.4 is 10.5 Å². The fraction of sp³-hybridized carbons (Fsp3) is 0.385. The van der Waals surface area contributed by atoms with E-state index in [0.29, 0.717) is 18.1 Å². The van der Waals surface area contributed by atoms with Gasteiger partial charge in [0.2, 0.25) is 0 Å². The minimum absolute atomic E-state index is 0.0431. The molecular formula is C13H16FN3O2. The van der Waals surface area contributed by atoms with Crippen LogP contribution >= 0.6 is 0 Å². The van der Waals surface area contributed by atoms with Gasteiger partial charge in [0, 0.05) is 12.5 Å². The Morgan fingerprint density at radius 1 is 1.47 bits per heavy atom. The Kier molecular flexibility index (Phi) is 4.11. The van der Waals surface area contributed by atoms with Crippen LogP contribution in [0.25, 0.3) is 0 Å². The Hall–Kier alpha value is -1.95. The van der Waals surface area contributed by atoms with Crippen LogP contribution in [0.3, 0.4) is 0 Å². The molecule has 1 heterocycles. The van der Waals surface area contributed by atoms with E-state index in [0.717, 1.165) is 5.56 Å². The number of aromatic nitrogens is 2. The van der Waals surface area contributed by atoms with Gasteiger partial charge >= 0.3 is 0 Å². The van der Waals surface area contributed by atoms with Crippen LogP contribution in [-0.4, -0.2) is 10.1 Å². The zero-order valence-corrected chi connectivity index (χ0v) is 10.9. The second kappa shape index (κ2) is 5.79. The SMILES string of the molecule is CCc1noc(COc2ccc([C@@H](C)N)cc2F)n1. The fourth-order valence-corrected chi connectivity index (χ4v) is 1.55. The van der Waals surface area contributed by atoms with Gasteiger partial charge in [-0.1, -0.05) is 18.1 Å². The van der Waals surface area contributed by atoms with Gasteiger partial charge in [0.05, 0.1) is 0 Å². The predicted octanol–water partition coefficient (Wildman–Crippen LogP) is 2.37. The monoisotopic (exact) mass is 265 g/mol. The molecule has 0 amide bonds. The van der Waals surface area contributed by atoms with Gasteiger partial charge < -0.3 is 15.0 Å². The molecule has 2 N–H and O–H groups in total. The van der Waals surface area contributed by atoms with Crippen molar-refractivity contribution in [2.24, 2.45) is 5.73 Å². The topological polar surface area (TPSA) is 74.2 Å². The number of hydrogen-bond acceptors (Lipinski definition) is 5. The molecule has 2 rings (SSSR count). The van der Waals surface area contributed by atoms with Crippen molar-refractivity contribution in [3.63, 3.8) is 0 Å². The third-order valence-electron chi connectivity index (χ3n) is 2.66. The number of ether oxygens (including phenoxy) is 1. The minimum atomic E-state index is -0.454. The van der Waals surface area contributed by atoms with Gasteiger partial charge in [0.15, 0.2) is 24.0 Å². The minimum Gasteiger partial charge on any atom is -0.481 e. The van der Waals surface area contributed by atoms with E-state index >= 15 is 0 Å². The Labute approximate surface area is 110 Å². The second-order valence-corrected chi connectivity index (χ2v) is 4.23. The summed E-state index contributed by atoms with van der Waals surface area (Å²) in [5, 5.41) is 3.73. The summed E-state index contributed by atoms with van der Waals surface area (Å²) in [6.07, 6.45) is 0.681. The number of rotatable bonds is 5. The molecule has 102 valence electrons. The highest BCUT2D eigenvalue weighted by atomic mass is 19.1. The van der Waals surface area contributed by atoms with Gasteiger partial charge in [-0.3, -0.25) is 0 Å². The van der Waals surface area contributed by atoms with E-state index < -0.39 is 5.82 Å². The lowest BCUT2D eigenvalue weighted by Gasteiger charge is -2.09. The van der Waals surface area contributed by atoms with Gasteiger partial charge in [0.25, 0.3) is 5.89 Å². The summed E-state index contributed by atoms with van der Waals surface area (Å²) in [7, 11) is 0. The Bertz CT molecular complexity index is 555. The molecule has 5 nitrogen and oxygen atoms in total. The van der Waals surface area contributed by atoms with Crippen LogP contribution in [0.15, 0.2) is 22.7 Å². The standard InChI is InChI=1S/C13H16FN3O2/c1-3-12-16-13(19-17-12)7-18-11-5-4-9(8(2)15)6-10(11)14/h4-6,8H,3,7,15H2,1-2H3/t8-/m1/s1. The normalized spacial score (nSPS) is 12.4. The lowest BCUT2D eigenvalue weighted by atomic mass is 10.1. The smallest absolute Gasteiger partial charge is 0.264 e. The van der Waals surface area contributed by atoms with Crippen molar-refractivity contribution in [2.75, 3.05) is 0 Å². The first-order valence-corrected chi connectivity index (χ1v) is 6.09. The van der Waals surface area contributed by atoms with Crippen LogP contribution in [0, 0.1) is 5.82 Å². The van der Waals surface area contributed by atoms with E-state index in [1.807, 2.05) is 6.92 Å². The summed E-state index contributed by atoms with van der Waals surface area (Å²) in [5.41, 5.74) is 6.39. The van der Waals surface area contributed by atoms with Crippen LogP contribution in [0.1, 0.15) is 37.2 Å². The highest BCUT2D eigenvalue weighted by Gasteiger charge is 2.10. The van der Waals surface area contributed by atoms with Crippen LogP contribution in [0.5, 0.6) is 5.75 Å². The summed E-state index contributed by atoms with van der Waals surface area (Å²) in [4.78, 5) is 4.07. The third kappa shape index (κ3) is 3.29. The van der Waals surface area contributed by atoms with Gasteiger partial charge in [-0.05, 0) is 24.6 Å². The quantitative estimate of drug-likeness (QED) is 0.898. The molecule has 1 aromatic heterocycles. The highest BCUT2D eigenvalue weighted by molar-refractivity contribution is 5.30. The van der Waals surface area contributed by atoms with E-state index in [1.165, 1.54) is 6.07 Å². The van der Waals surface area contributed by atoms with E-state index in [9.17, 15) is 4.39 Å². The lowest BCUT2D eigenvalue weighted by molar-refractivity contribution is 0.234. The molecule has 19 heavy (non-hydrogen) atoms. The summed E-state index contributed by atoms with van der Waals surface area (Å²) >= 11 is 0. The maximum absolute atomic E-state index is 13.7. The number of halogens is 1. The Balaban J connectivity index is 2.03. The Morgan fingerprint density at radius 2 is 2.26 bits per heavy atom. The maximum Gasteiger partial charge on any atom is 0.264 e. The zero-order chi connectivity index (χ0) is 13.8. The average molecular weight is 265 g/mol. The van der Waals surface area contributed by atoms with Crippen molar-refractivity contribution in [3.8, 4) is 5.75 Å². The first-order valence-electron chi connectivity index (χ1n) is 6.09. The molecule has 0 bridgehead atoms. The van der Waals surface area contributed by atoms with Crippen LogP contribution in [0.4, 0.5) is 4.39 Å². The summed E-state index contributed by atoms with van der Waals surface area (Å²) in [6.45, 7) is 3.75. The molecule has 0 saturated carbocycles. The van der Waals surface area contributed by atoms with Gasteiger partial charge in [-0.25, -0.2) is 4.39 Å². The van der Waals surface area contributed by atoms with Crippen LogP contribution in [-0.2, 0) is 13.0 Å². The van der Waals surface area contributed by atoms with Crippen molar-refractivity contribution in [1.82, 2.24) is 10.1 Å². The summed E-state index contributed by atoms with van der Waals surface area (Å²) in [6, 6.07) is 4.43. The largest absolute Gasteiger partial charge is 0.481 e. The molecule has 0 unspecified atom stereocenters. The first-order chi connectivity index (χ1) is 9.10. The van der Waals surface area contributed by atoms with E-state index in [-0.39, 0.29) is 18.4 Å². The molecule has 2 aromatic rings. The molecular weight excluding hydrogens is 249 g/mol. The lowest BCUT2D eigenvalue weighted by Crippen LogP contribution is -2.06. The molecule has 1 aromatic carbocycles. The van der Waals surface area contributed by atoms with Gasteiger partial charge in [0.1, 0.15) is 0 Å². The number of nitrogens with two attached hydrogens (primary N) is 1. The predicted molar refractivity (Wildman–Crippen MR) is 67.0 cm³/mol. The van der Waals surface area contributed by atoms with Crippen molar-refractivity contribution in [3.05, 3.63) is 41.3 Å². The molecule has 0 spiro atoms. The average Bonchev–Trinajstić information content (AvgIpc) is 2.85. The number of aryl methyl sites for hydroxylation is 1. The Morgan fingerprint density at radius 3 is 2.84 bits per heavy atom. The molecule has 1 atom stereocenters. The van der Waals surface area contributed by atoms with Crippen molar-refractivity contribution < 1.29 is 13.7 Å². The van der Waals surface area contributed by atoms with E-state index in [4.69, 9.17) is 15.0 Å². The highest BCUT2D eigenvalue weighted by Crippen LogP contribution is 2.21. The molecule has 0 aliphatic heterocycles. The molecule has 0 aliphatic rings. The molecule has 6 heteroatoms. The van der Waals surface area contributed by atoms with Crippen LogP contribution in [0.2, 0.25) is 0 Å². The molecule has 0 fully saturated rings. The number of benzene rings is 1. The maximum atomic E-state index is 13.7. The van der Waals surface area contributed by atoms with Crippen molar-refractivity contribution in [2.45, 2.75) is 32.9 Å². The molecule has 0 aliphatic carbocycles. The number of nitrogens with zero attached hydrogens (tertiary/aromatic N) is 2. The third-order valence-corrected chi connectivity index (χ3v) is 2.66. The zero-order valence-electron chi connectivity index (χ0n) is 10.9. The van der Waals surface area contributed by atoms with E-state index in [2.05, 4.69) is 10.1 Å². The van der Waals surface area contributed by atoms with Gasteiger partial charge in [-0.2, -0.15) is 4.98 Å². The van der Waals surface area contributed by atoms with Crippen molar-refractivity contribution in [1.29, 1.82) is 0 Å². The van der Waals surface area contributed by atoms with Gasteiger partial charge in [-0.15, -0.1) is 0 Å². The van der Waals surface area contributed by atoms with Crippen molar-refractivity contribution >= 4 is 0 Å². The molecule has 0 radical (unpaired) electrons. The second-order valence-electron chi connectivity index (χ2n) is 4.23. The summed E-state index contributed by atoms with van der Waals surface area (Å²) in [5.74, 6) is 0.615. The first kappa shape index (κ1) is 13.5.